The van der Waals surface area contributed by atoms with Crippen LogP contribution in [0.25, 0.3) is 0 Å². The average molecular weight is 329 g/mol. The number of thiophene rings is 1. The first-order valence-electron chi connectivity index (χ1n) is 5.56. The van der Waals surface area contributed by atoms with Gasteiger partial charge in [-0.2, -0.15) is 0 Å². The van der Waals surface area contributed by atoms with Gasteiger partial charge in [0.1, 0.15) is 5.82 Å². The fourth-order valence-electron chi connectivity index (χ4n) is 1.95. The second-order valence-electron chi connectivity index (χ2n) is 4.13. The van der Waals surface area contributed by atoms with E-state index in [0.717, 1.165) is 21.3 Å². The van der Waals surface area contributed by atoms with E-state index >= 15 is 0 Å². The zero-order chi connectivity index (χ0) is 13.1. The third kappa shape index (κ3) is 3.17. The Hall–Kier alpha value is -0.750. The fraction of sp³-hybridized carbons (Fsp3) is 0.231. The van der Waals surface area contributed by atoms with Crippen LogP contribution in [0.4, 0.5) is 4.39 Å². The second kappa shape index (κ2) is 5.93. The normalized spacial score (nSPS) is 12.7. The molecule has 96 valence electrons. The molecule has 0 aliphatic rings. The van der Waals surface area contributed by atoms with Gasteiger partial charge in [0.05, 0.1) is 9.83 Å². The van der Waals surface area contributed by atoms with Crippen molar-refractivity contribution in [1.82, 2.24) is 5.43 Å². The van der Waals surface area contributed by atoms with E-state index in [1.807, 2.05) is 13.0 Å². The monoisotopic (exact) mass is 328 g/mol. The van der Waals surface area contributed by atoms with Crippen LogP contribution < -0.4 is 11.3 Å². The van der Waals surface area contributed by atoms with Crippen LogP contribution in [0.15, 0.2) is 34.1 Å². The number of nitrogens with one attached hydrogen (secondary N) is 1. The molecule has 0 fully saturated rings. The molecule has 1 unspecified atom stereocenters. The summed E-state index contributed by atoms with van der Waals surface area (Å²) in [4.78, 5) is 1.23. The van der Waals surface area contributed by atoms with Gasteiger partial charge in [0.2, 0.25) is 0 Å². The van der Waals surface area contributed by atoms with Crippen molar-refractivity contribution in [1.29, 1.82) is 0 Å². The van der Waals surface area contributed by atoms with Crippen LogP contribution in [0.1, 0.15) is 22.0 Å². The number of aryl methyl sites for hydroxylation is 1. The number of rotatable bonds is 4. The molecule has 1 heterocycles. The van der Waals surface area contributed by atoms with Crippen LogP contribution in [0.2, 0.25) is 0 Å². The van der Waals surface area contributed by atoms with Crippen molar-refractivity contribution in [3.63, 3.8) is 0 Å². The van der Waals surface area contributed by atoms with E-state index < -0.39 is 0 Å². The van der Waals surface area contributed by atoms with Gasteiger partial charge in [0.15, 0.2) is 0 Å². The summed E-state index contributed by atoms with van der Waals surface area (Å²) in [6.07, 6.45) is 0.791. The molecular weight excluding hydrogens is 315 g/mol. The summed E-state index contributed by atoms with van der Waals surface area (Å²) < 4.78 is 14.2. The van der Waals surface area contributed by atoms with E-state index in [0.29, 0.717) is 0 Å². The molecule has 2 rings (SSSR count). The van der Waals surface area contributed by atoms with E-state index in [-0.39, 0.29) is 11.9 Å². The van der Waals surface area contributed by atoms with E-state index in [1.165, 1.54) is 17.0 Å². The summed E-state index contributed by atoms with van der Waals surface area (Å²) in [6.45, 7) is 1.90. The Balaban J connectivity index is 2.22. The Morgan fingerprint density at radius 2 is 2.17 bits per heavy atom. The number of hydrazine groups is 1. The highest BCUT2D eigenvalue weighted by Crippen LogP contribution is 2.28. The minimum atomic E-state index is -0.217. The molecule has 1 aromatic carbocycles. The third-order valence-corrected chi connectivity index (χ3v) is 4.49. The Morgan fingerprint density at radius 1 is 1.39 bits per heavy atom. The first kappa shape index (κ1) is 13.7. The lowest BCUT2D eigenvalue weighted by molar-refractivity contribution is 0.549. The third-order valence-electron chi connectivity index (χ3n) is 2.84. The van der Waals surface area contributed by atoms with Crippen molar-refractivity contribution in [2.45, 2.75) is 19.4 Å². The second-order valence-corrected chi connectivity index (χ2v) is 6.68. The van der Waals surface area contributed by atoms with Gasteiger partial charge >= 0.3 is 0 Å². The summed E-state index contributed by atoms with van der Waals surface area (Å²) in [5.74, 6) is 5.40. The molecule has 0 aliphatic heterocycles. The van der Waals surface area contributed by atoms with Gasteiger partial charge in [-0.15, -0.1) is 11.3 Å². The topological polar surface area (TPSA) is 38.0 Å². The summed E-state index contributed by atoms with van der Waals surface area (Å²) in [6, 6.07) is 8.87. The lowest BCUT2D eigenvalue weighted by atomic mass is 9.98. The van der Waals surface area contributed by atoms with Crippen molar-refractivity contribution in [2.75, 3.05) is 0 Å². The molecule has 5 heteroatoms. The SMILES string of the molecule is Cc1cc(F)ccc1C(Cc1ccc(Br)s1)NN. The summed E-state index contributed by atoms with van der Waals surface area (Å²) in [5.41, 5.74) is 4.75. The molecule has 0 saturated heterocycles. The molecule has 2 nitrogen and oxygen atoms in total. The molecule has 0 bridgehead atoms. The van der Waals surface area contributed by atoms with Gasteiger partial charge in [0, 0.05) is 11.3 Å². The smallest absolute Gasteiger partial charge is 0.123 e. The molecule has 0 saturated carbocycles. The fourth-order valence-corrected chi connectivity index (χ4v) is 3.48. The van der Waals surface area contributed by atoms with Crippen molar-refractivity contribution in [2.24, 2.45) is 5.84 Å². The number of benzene rings is 1. The summed E-state index contributed by atoms with van der Waals surface area (Å²) in [7, 11) is 0. The Labute approximate surface area is 118 Å². The van der Waals surface area contributed by atoms with Gasteiger partial charge in [0.25, 0.3) is 0 Å². The van der Waals surface area contributed by atoms with E-state index in [9.17, 15) is 4.39 Å². The van der Waals surface area contributed by atoms with Crippen LogP contribution in [-0.2, 0) is 6.42 Å². The van der Waals surface area contributed by atoms with Crippen LogP contribution in [0.5, 0.6) is 0 Å². The van der Waals surface area contributed by atoms with Crippen molar-refractivity contribution in [3.8, 4) is 0 Å². The maximum atomic E-state index is 13.1. The number of hydrogen-bond donors (Lipinski definition) is 2. The van der Waals surface area contributed by atoms with E-state index in [2.05, 4.69) is 27.4 Å². The highest BCUT2D eigenvalue weighted by molar-refractivity contribution is 9.11. The molecular formula is C13H14BrFN2S. The predicted octanol–water partition coefficient (Wildman–Crippen LogP) is 3.71. The van der Waals surface area contributed by atoms with E-state index in [1.54, 1.807) is 17.4 Å². The van der Waals surface area contributed by atoms with Crippen molar-refractivity contribution in [3.05, 3.63) is 55.9 Å². The first-order chi connectivity index (χ1) is 8.60. The molecule has 0 radical (unpaired) electrons. The molecule has 0 spiro atoms. The summed E-state index contributed by atoms with van der Waals surface area (Å²) >= 11 is 5.12. The van der Waals surface area contributed by atoms with Gasteiger partial charge in [-0.05, 0) is 58.2 Å². The van der Waals surface area contributed by atoms with Gasteiger partial charge in [-0.3, -0.25) is 11.3 Å². The van der Waals surface area contributed by atoms with Crippen LogP contribution in [0.3, 0.4) is 0 Å². The molecule has 0 aliphatic carbocycles. The summed E-state index contributed by atoms with van der Waals surface area (Å²) in [5, 5.41) is 0. The lowest BCUT2D eigenvalue weighted by Crippen LogP contribution is -2.30. The van der Waals surface area contributed by atoms with Gasteiger partial charge < -0.3 is 0 Å². The van der Waals surface area contributed by atoms with Crippen molar-refractivity contribution >= 4 is 27.3 Å². The molecule has 1 atom stereocenters. The highest BCUT2D eigenvalue weighted by Gasteiger charge is 2.14. The van der Waals surface area contributed by atoms with Crippen molar-refractivity contribution < 1.29 is 4.39 Å². The largest absolute Gasteiger partial charge is 0.271 e. The number of halogens is 2. The Kier molecular flexibility index (Phi) is 4.50. The maximum absolute atomic E-state index is 13.1. The van der Waals surface area contributed by atoms with Crippen LogP contribution in [-0.4, -0.2) is 0 Å². The molecule has 3 N–H and O–H groups in total. The zero-order valence-corrected chi connectivity index (χ0v) is 12.3. The average Bonchev–Trinajstić information content (AvgIpc) is 2.72. The van der Waals surface area contributed by atoms with E-state index in [4.69, 9.17) is 5.84 Å². The highest BCUT2D eigenvalue weighted by atomic mass is 79.9. The quantitative estimate of drug-likeness (QED) is 0.663. The first-order valence-corrected chi connectivity index (χ1v) is 7.17. The minimum absolute atomic E-state index is 0.00356. The maximum Gasteiger partial charge on any atom is 0.123 e. The number of hydrogen-bond acceptors (Lipinski definition) is 3. The molecule has 2 aromatic rings. The van der Waals surface area contributed by atoms with Gasteiger partial charge in [-0.25, -0.2) is 4.39 Å². The lowest BCUT2D eigenvalue weighted by Gasteiger charge is -2.17. The van der Waals surface area contributed by atoms with Crippen LogP contribution >= 0.6 is 27.3 Å². The predicted molar refractivity (Wildman–Crippen MR) is 76.9 cm³/mol. The molecule has 1 aromatic heterocycles. The minimum Gasteiger partial charge on any atom is -0.271 e. The molecule has 0 amide bonds. The Morgan fingerprint density at radius 3 is 2.72 bits per heavy atom. The zero-order valence-electron chi connectivity index (χ0n) is 9.91. The molecule has 18 heavy (non-hydrogen) atoms. The standard InChI is InChI=1S/C13H14BrFN2S/c1-8-6-9(15)2-4-11(8)12(17-16)7-10-3-5-13(14)18-10/h2-6,12,17H,7,16H2,1H3. The Bertz CT molecular complexity index is 542. The van der Waals surface area contributed by atoms with Gasteiger partial charge in [-0.1, -0.05) is 6.07 Å². The van der Waals surface area contributed by atoms with Crippen LogP contribution in [0, 0.1) is 12.7 Å². The number of nitrogens with two attached hydrogens (primary N) is 1.